The molecule has 11 heteroatoms. The third-order valence-corrected chi connectivity index (χ3v) is 9.67. The lowest BCUT2D eigenvalue weighted by Crippen LogP contribution is -2.42. The highest BCUT2D eigenvalue weighted by Gasteiger charge is 2.54. The number of Topliss-reactive ketones (excluding diaryl/α,β-unsaturated/α-hetero) is 1. The standard InChI is InChI=1S/C26H36NO9P/c1-26-12-11-19-18-6-4-17(15-16(18)3-5-20(19)21(26)7-9-23(26)28)35-13-2-14-36-37(33,34)27-22(25(31)32)8-10-24(29)30/h4,6,15,19-22H,2-3,5,7-14H2,1H3,(H,29,30)(H,31,32)(H2,27,33,34)/t19-,20-,21+,22+,26+/m1/s1. The van der Waals surface area contributed by atoms with Crippen molar-refractivity contribution < 1.29 is 43.3 Å². The quantitative estimate of drug-likeness (QED) is 0.227. The second kappa shape index (κ2) is 11.2. The lowest BCUT2D eigenvalue weighted by atomic mass is 9.55. The fraction of sp³-hybridized carbons (Fsp3) is 0.654. The zero-order chi connectivity index (χ0) is 26.8. The second-order valence-electron chi connectivity index (χ2n) is 10.7. The number of carbonyl (C=O) groups is 3. The molecule has 0 radical (unpaired) electrons. The van der Waals surface area contributed by atoms with Crippen LogP contribution >= 0.6 is 7.75 Å². The van der Waals surface area contributed by atoms with E-state index in [1.807, 2.05) is 11.2 Å². The van der Waals surface area contributed by atoms with Crippen molar-refractivity contribution in [3.8, 4) is 5.75 Å². The van der Waals surface area contributed by atoms with Gasteiger partial charge in [-0.25, -0.2) is 9.65 Å². The molecule has 2 fully saturated rings. The monoisotopic (exact) mass is 537 g/mol. The van der Waals surface area contributed by atoms with Crippen molar-refractivity contribution >= 4 is 25.5 Å². The van der Waals surface area contributed by atoms with Gasteiger partial charge in [0, 0.05) is 24.7 Å². The number of hydrogen-bond donors (Lipinski definition) is 4. The molecule has 204 valence electrons. The first-order valence-corrected chi connectivity index (χ1v) is 14.6. The third kappa shape index (κ3) is 6.25. The number of carboxylic acid groups (broad SMARTS) is 2. The third-order valence-electron chi connectivity index (χ3n) is 8.49. The lowest BCUT2D eigenvalue weighted by molar-refractivity contribution is -0.140. The summed E-state index contributed by atoms with van der Waals surface area (Å²) in [5.74, 6) is 0.0816. The van der Waals surface area contributed by atoms with Crippen LogP contribution in [0, 0.1) is 17.3 Å². The summed E-state index contributed by atoms with van der Waals surface area (Å²) in [4.78, 5) is 44.2. The average molecular weight is 538 g/mol. The van der Waals surface area contributed by atoms with E-state index in [-0.39, 0.29) is 25.0 Å². The van der Waals surface area contributed by atoms with Crippen molar-refractivity contribution in [2.45, 2.75) is 76.7 Å². The molecule has 3 aliphatic rings. The van der Waals surface area contributed by atoms with Crippen LogP contribution in [0.1, 0.15) is 75.3 Å². The van der Waals surface area contributed by atoms with Gasteiger partial charge in [0.15, 0.2) is 0 Å². The Morgan fingerprint density at radius 1 is 1.19 bits per heavy atom. The van der Waals surface area contributed by atoms with Crippen LogP contribution in [0.3, 0.4) is 0 Å². The van der Waals surface area contributed by atoms with E-state index in [0.29, 0.717) is 30.0 Å². The maximum absolute atomic E-state index is 12.5. The highest BCUT2D eigenvalue weighted by molar-refractivity contribution is 7.50. The zero-order valence-electron chi connectivity index (χ0n) is 21.1. The average Bonchev–Trinajstić information content (AvgIpc) is 3.15. The number of benzene rings is 1. The van der Waals surface area contributed by atoms with Gasteiger partial charge >= 0.3 is 19.7 Å². The predicted molar refractivity (Wildman–Crippen MR) is 133 cm³/mol. The summed E-state index contributed by atoms with van der Waals surface area (Å²) in [6.45, 7) is 2.28. The molecule has 37 heavy (non-hydrogen) atoms. The molecular formula is C26H36NO9P. The summed E-state index contributed by atoms with van der Waals surface area (Å²) in [5.41, 5.74) is 2.52. The van der Waals surface area contributed by atoms with Crippen LogP contribution in [-0.4, -0.2) is 52.1 Å². The van der Waals surface area contributed by atoms with Gasteiger partial charge in [-0.2, -0.15) is 0 Å². The second-order valence-corrected chi connectivity index (χ2v) is 12.3. The molecule has 0 aliphatic heterocycles. The molecule has 0 heterocycles. The Hall–Kier alpha value is -2.26. The van der Waals surface area contributed by atoms with E-state index in [9.17, 15) is 23.8 Å². The van der Waals surface area contributed by atoms with E-state index < -0.39 is 32.1 Å². The number of ketones is 1. The van der Waals surface area contributed by atoms with Gasteiger partial charge in [0.2, 0.25) is 0 Å². The lowest BCUT2D eigenvalue weighted by Gasteiger charge is -2.48. The molecule has 0 bridgehead atoms. The molecular weight excluding hydrogens is 501 g/mol. The number of fused-ring (bicyclic) bond motifs is 5. The van der Waals surface area contributed by atoms with Crippen molar-refractivity contribution in [2.75, 3.05) is 13.2 Å². The van der Waals surface area contributed by atoms with Gasteiger partial charge in [-0.3, -0.25) is 18.9 Å². The van der Waals surface area contributed by atoms with Gasteiger partial charge in [-0.1, -0.05) is 13.0 Å². The van der Waals surface area contributed by atoms with Gasteiger partial charge in [-0.05, 0) is 79.5 Å². The Balaban J connectivity index is 1.25. The number of hydrogen-bond acceptors (Lipinski definition) is 6. The Morgan fingerprint density at radius 2 is 1.97 bits per heavy atom. The SMILES string of the molecule is C[C@]12CC[C@@H]3c4ccc(OCCCOP(=O)(O)N[C@@H](CCC(=O)O)C(=O)O)cc4CC[C@H]3[C@@H]1CCC2=O. The number of aryl methyl sites for hydroxylation is 1. The highest BCUT2D eigenvalue weighted by Crippen LogP contribution is 2.59. The largest absolute Gasteiger partial charge is 0.493 e. The Morgan fingerprint density at radius 3 is 2.70 bits per heavy atom. The number of carbonyl (C=O) groups excluding carboxylic acids is 1. The minimum atomic E-state index is -4.42. The zero-order valence-corrected chi connectivity index (χ0v) is 22.0. The molecule has 1 aromatic rings. The van der Waals surface area contributed by atoms with E-state index in [0.717, 1.165) is 44.3 Å². The van der Waals surface area contributed by atoms with E-state index in [1.54, 1.807) is 0 Å². The van der Waals surface area contributed by atoms with E-state index in [2.05, 4.69) is 19.1 Å². The first-order chi connectivity index (χ1) is 17.5. The summed E-state index contributed by atoms with van der Waals surface area (Å²) in [6, 6.07) is 4.66. The van der Waals surface area contributed by atoms with Crippen molar-refractivity contribution in [2.24, 2.45) is 17.3 Å². The minimum absolute atomic E-state index is 0.134. The molecule has 6 atom stereocenters. The summed E-state index contributed by atoms with van der Waals surface area (Å²) in [5, 5.41) is 19.8. The van der Waals surface area contributed by atoms with Crippen molar-refractivity contribution in [3.05, 3.63) is 29.3 Å². The van der Waals surface area contributed by atoms with Gasteiger partial charge in [0.05, 0.1) is 13.2 Å². The van der Waals surface area contributed by atoms with E-state index in [4.69, 9.17) is 19.5 Å². The summed E-state index contributed by atoms with van der Waals surface area (Å²) in [7, 11) is -4.42. The van der Waals surface area contributed by atoms with Crippen molar-refractivity contribution in [1.29, 1.82) is 0 Å². The molecule has 4 N–H and O–H groups in total. The number of carboxylic acids is 2. The highest BCUT2D eigenvalue weighted by atomic mass is 31.2. The molecule has 1 unspecified atom stereocenters. The summed E-state index contributed by atoms with van der Waals surface area (Å²) in [6.07, 6.45) is 5.29. The topological polar surface area (TPSA) is 159 Å². The van der Waals surface area contributed by atoms with E-state index in [1.165, 1.54) is 11.1 Å². The van der Waals surface area contributed by atoms with Crippen molar-refractivity contribution in [1.82, 2.24) is 5.09 Å². The van der Waals surface area contributed by atoms with Gasteiger partial charge in [0.25, 0.3) is 0 Å². The molecule has 0 spiro atoms. The molecule has 0 saturated heterocycles. The van der Waals surface area contributed by atoms with Crippen LogP contribution in [0.4, 0.5) is 0 Å². The van der Waals surface area contributed by atoms with Gasteiger partial charge < -0.3 is 19.8 Å². The first-order valence-electron chi connectivity index (χ1n) is 13.0. The van der Waals surface area contributed by atoms with Crippen LogP contribution < -0.4 is 9.82 Å². The summed E-state index contributed by atoms with van der Waals surface area (Å²) < 4.78 is 22.9. The number of aliphatic carboxylic acids is 2. The Kier molecular flexibility index (Phi) is 8.43. The number of rotatable bonds is 12. The number of ether oxygens (including phenoxy) is 1. The Labute approximate surface area is 216 Å². The minimum Gasteiger partial charge on any atom is -0.493 e. The Bertz CT molecular complexity index is 1090. The summed E-state index contributed by atoms with van der Waals surface area (Å²) >= 11 is 0. The van der Waals surface area contributed by atoms with Crippen LogP contribution in [0.2, 0.25) is 0 Å². The number of nitrogens with one attached hydrogen (secondary N) is 1. The van der Waals surface area contributed by atoms with Gasteiger partial charge in [0.1, 0.15) is 17.6 Å². The molecule has 3 aliphatic carbocycles. The molecule has 2 saturated carbocycles. The maximum Gasteiger partial charge on any atom is 0.403 e. The molecule has 1 aromatic carbocycles. The molecule has 10 nitrogen and oxygen atoms in total. The van der Waals surface area contributed by atoms with E-state index >= 15 is 0 Å². The van der Waals surface area contributed by atoms with Gasteiger partial charge in [-0.15, -0.1) is 0 Å². The molecule has 4 rings (SSSR count). The van der Waals surface area contributed by atoms with Crippen LogP contribution in [0.25, 0.3) is 0 Å². The van der Waals surface area contributed by atoms with Crippen LogP contribution in [0.15, 0.2) is 18.2 Å². The van der Waals surface area contributed by atoms with Crippen LogP contribution in [0.5, 0.6) is 5.75 Å². The molecule has 0 amide bonds. The van der Waals surface area contributed by atoms with Crippen LogP contribution in [-0.2, 0) is 29.9 Å². The maximum atomic E-state index is 12.5. The smallest absolute Gasteiger partial charge is 0.403 e. The fourth-order valence-electron chi connectivity index (χ4n) is 6.60. The fourth-order valence-corrected chi connectivity index (χ4v) is 7.69. The molecule has 0 aromatic heterocycles. The normalized spacial score (nSPS) is 28.9. The van der Waals surface area contributed by atoms with Crippen molar-refractivity contribution in [3.63, 3.8) is 0 Å². The first kappa shape index (κ1) is 27.8. The predicted octanol–water partition coefficient (Wildman–Crippen LogP) is 3.91.